The summed E-state index contributed by atoms with van der Waals surface area (Å²) < 4.78 is 12.2. The minimum Gasteiger partial charge on any atom is -0.485 e. The van der Waals surface area contributed by atoms with Crippen molar-refractivity contribution < 1.29 is 9.15 Å². The average molecular weight is 318 g/mol. The van der Waals surface area contributed by atoms with E-state index in [1.807, 2.05) is 55.5 Å². The Morgan fingerprint density at radius 3 is 2.62 bits per heavy atom. The molecular weight excluding hydrogens is 300 g/mol. The Balaban J connectivity index is 1.97. The molecule has 2 heterocycles. The normalized spacial score (nSPS) is 19.6. The second kappa shape index (κ2) is 5.68. The van der Waals surface area contributed by atoms with Gasteiger partial charge in [-0.3, -0.25) is 4.79 Å². The van der Waals surface area contributed by atoms with Gasteiger partial charge in [-0.05, 0) is 25.1 Å². The second-order valence-electron chi connectivity index (χ2n) is 6.09. The van der Waals surface area contributed by atoms with Crippen molar-refractivity contribution in [1.29, 1.82) is 0 Å². The SMILES string of the molecule is C/C=C/[C@@H]1Oc2ccc3c(=O)cc(-c4ccccc4)oc3c2[C@H]1C. The maximum Gasteiger partial charge on any atom is 0.193 e. The second-order valence-corrected chi connectivity index (χ2v) is 6.09. The average Bonchev–Trinajstić information content (AvgIpc) is 2.92. The van der Waals surface area contributed by atoms with Crippen LogP contribution in [0, 0.1) is 0 Å². The molecular formula is C21H18O3. The summed E-state index contributed by atoms with van der Waals surface area (Å²) in [5.74, 6) is 1.52. The Morgan fingerprint density at radius 2 is 1.88 bits per heavy atom. The number of hydrogen-bond acceptors (Lipinski definition) is 3. The number of rotatable bonds is 2. The van der Waals surface area contributed by atoms with Crippen LogP contribution < -0.4 is 10.2 Å². The van der Waals surface area contributed by atoms with Gasteiger partial charge in [0.05, 0.1) is 5.39 Å². The van der Waals surface area contributed by atoms with E-state index in [4.69, 9.17) is 9.15 Å². The molecule has 0 saturated carbocycles. The predicted octanol–water partition coefficient (Wildman–Crippen LogP) is 4.90. The van der Waals surface area contributed by atoms with Crippen molar-refractivity contribution in [2.24, 2.45) is 0 Å². The van der Waals surface area contributed by atoms with Crippen LogP contribution in [-0.2, 0) is 0 Å². The van der Waals surface area contributed by atoms with Crippen molar-refractivity contribution in [3.63, 3.8) is 0 Å². The molecule has 0 amide bonds. The van der Waals surface area contributed by atoms with E-state index in [1.54, 1.807) is 12.1 Å². The Kier molecular flexibility index (Phi) is 3.49. The van der Waals surface area contributed by atoms with Gasteiger partial charge in [0.1, 0.15) is 23.2 Å². The quantitative estimate of drug-likeness (QED) is 0.631. The standard InChI is InChI=1S/C21H18O3/c1-3-7-17-13(2)20-18(23-17)11-10-15-16(22)12-19(24-21(15)20)14-8-5-4-6-9-14/h3-13,17H,1-2H3/b7-3+/t13-,17-/m0/s1. The highest BCUT2D eigenvalue weighted by Gasteiger charge is 2.32. The zero-order valence-corrected chi connectivity index (χ0v) is 13.7. The van der Waals surface area contributed by atoms with Gasteiger partial charge in [0.2, 0.25) is 0 Å². The third-order valence-electron chi connectivity index (χ3n) is 4.55. The molecule has 0 N–H and O–H groups in total. The number of allylic oxidation sites excluding steroid dienone is 1. The fourth-order valence-electron chi connectivity index (χ4n) is 3.31. The summed E-state index contributed by atoms with van der Waals surface area (Å²) in [5.41, 5.74) is 2.48. The first-order chi connectivity index (χ1) is 11.7. The van der Waals surface area contributed by atoms with Gasteiger partial charge in [-0.1, -0.05) is 43.3 Å². The van der Waals surface area contributed by atoms with Crippen molar-refractivity contribution in [2.75, 3.05) is 0 Å². The van der Waals surface area contributed by atoms with Crippen LogP contribution in [0.4, 0.5) is 0 Å². The van der Waals surface area contributed by atoms with Crippen LogP contribution in [0.15, 0.2) is 69.9 Å². The summed E-state index contributed by atoms with van der Waals surface area (Å²) in [4.78, 5) is 12.6. The van der Waals surface area contributed by atoms with Crippen molar-refractivity contribution >= 4 is 11.0 Å². The molecule has 0 spiro atoms. The van der Waals surface area contributed by atoms with Crippen LogP contribution in [-0.4, -0.2) is 6.10 Å². The topological polar surface area (TPSA) is 39.4 Å². The van der Waals surface area contributed by atoms with Crippen LogP contribution >= 0.6 is 0 Å². The number of hydrogen-bond donors (Lipinski definition) is 0. The molecule has 0 saturated heterocycles. The molecule has 3 aromatic rings. The van der Waals surface area contributed by atoms with E-state index < -0.39 is 0 Å². The van der Waals surface area contributed by atoms with E-state index in [1.165, 1.54) is 0 Å². The van der Waals surface area contributed by atoms with E-state index >= 15 is 0 Å². The van der Waals surface area contributed by atoms with Gasteiger partial charge >= 0.3 is 0 Å². The lowest BCUT2D eigenvalue weighted by Gasteiger charge is -2.10. The first-order valence-corrected chi connectivity index (χ1v) is 8.14. The minimum atomic E-state index is -0.0282. The molecule has 0 bridgehead atoms. The Labute approximate surface area is 140 Å². The zero-order chi connectivity index (χ0) is 16.7. The van der Waals surface area contributed by atoms with Crippen molar-refractivity contribution in [3.05, 3.63) is 76.5 Å². The maximum atomic E-state index is 12.6. The fourth-order valence-corrected chi connectivity index (χ4v) is 3.31. The molecule has 1 aliphatic rings. The lowest BCUT2D eigenvalue weighted by atomic mass is 9.95. The lowest BCUT2D eigenvalue weighted by molar-refractivity contribution is 0.261. The molecule has 3 heteroatoms. The van der Waals surface area contributed by atoms with Crippen LogP contribution in [0.2, 0.25) is 0 Å². The van der Waals surface area contributed by atoms with Crippen molar-refractivity contribution in [1.82, 2.24) is 0 Å². The smallest absolute Gasteiger partial charge is 0.193 e. The Morgan fingerprint density at radius 1 is 1.08 bits per heavy atom. The Bertz CT molecular complexity index is 983. The first-order valence-electron chi connectivity index (χ1n) is 8.14. The van der Waals surface area contributed by atoms with E-state index in [2.05, 4.69) is 6.92 Å². The van der Waals surface area contributed by atoms with Crippen LogP contribution in [0.25, 0.3) is 22.3 Å². The molecule has 24 heavy (non-hydrogen) atoms. The lowest BCUT2D eigenvalue weighted by Crippen LogP contribution is -2.13. The zero-order valence-electron chi connectivity index (χ0n) is 13.7. The fraction of sp³-hybridized carbons (Fsp3) is 0.190. The van der Waals surface area contributed by atoms with Gasteiger partial charge in [-0.25, -0.2) is 0 Å². The van der Waals surface area contributed by atoms with Gasteiger partial charge in [0.15, 0.2) is 5.43 Å². The summed E-state index contributed by atoms with van der Waals surface area (Å²) in [6, 6.07) is 14.9. The third-order valence-corrected chi connectivity index (χ3v) is 4.55. The van der Waals surface area contributed by atoms with E-state index in [0.717, 1.165) is 16.9 Å². The molecule has 0 unspecified atom stereocenters. The summed E-state index contributed by atoms with van der Waals surface area (Å²) >= 11 is 0. The highest BCUT2D eigenvalue weighted by molar-refractivity contribution is 5.85. The Hall–Kier alpha value is -2.81. The third kappa shape index (κ3) is 2.24. The predicted molar refractivity (Wildman–Crippen MR) is 95.6 cm³/mol. The summed E-state index contributed by atoms with van der Waals surface area (Å²) in [6.07, 6.45) is 4.00. The molecule has 0 aliphatic carbocycles. The first kappa shape index (κ1) is 14.8. The summed E-state index contributed by atoms with van der Waals surface area (Å²) in [6.45, 7) is 4.08. The van der Waals surface area contributed by atoms with E-state index in [-0.39, 0.29) is 17.5 Å². The molecule has 4 rings (SSSR count). The molecule has 2 atom stereocenters. The van der Waals surface area contributed by atoms with Crippen molar-refractivity contribution in [2.45, 2.75) is 25.9 Å². The van der Waals surface area contributed by atoms with Gasteiger partial charge in [-0.15, -0.1) is 0 Å². The largest absolute Gasteiger partial charge is 0.485 e. The van der Waals surface area contributed by atoms with Gasteiger partial charge < -0.3 is 9.15 Å². The molecule has 0 fully saturated rings. The van der Waals surface area contributed by atoms with Gasteiger partial charge in [-0.2, -0.15) is 0 Å². The van der Waals surface area contributed by atoms with Crippen molar-refractivity contribution in [3.8, 4) is 17.1 Å². The molecule has 3 nitrogen and oxygen atoms in total. The summed E-state index contributed by atoms with van der Waals surface area (Å²) in [7, 11) is 0. The highest BCUT2D eigenvalue weighted by Crippen LogP contribution is 2.43. The van der Waals surface area contributed by atoms with E-state index in [0.29, 0.717) is 16.7 Å². The molecule has 1 aliphatic heterocycles. The van der Waals surface area contributed by atoms with E-state index in [9.17, 15) is 4.79 Å². The monoisotopic (exact) mass is 318 g/mol. The van der Waals surface area contributed by atoms with Crippen LogP contribution in [0.3, 0.4) is 0 Å². The summed E-state index contributed by atoms with van der Waals surface area (Å²) in [5, 5.41) is 0.602. The van der Waals surface area contributed by atoms with Crippen LogP contribution in [0.1, 0.15) is 25.3 Å². The number of fused-ring (bicyclic) bond motifs is 3. The van der Waals surface area contributed by atoms with Gasteiger partial charge in [0.25, 0.3) is 0 Å². The van der Waals surface area contributed by atoms with Crippen LogP contribution in [0.5, 0.6) is 5.75 Å². The number of benzene rings is 2. The van der Waals surface area contributed by atoms with Gasteiger partial charge in [0, 0.05) is 23.1 Å². The maximum absolute atomic E-state index is 12.6. The molecule has 0 radical (unpaired) electrons. The minimum absolute atomic E-state index is 0.0266. The number of ether oxygens (including phenoxy) is 1. The molecule has 1 aromatic heterocycles. The molecule has 2 aromatic carbocycles. The molecule has 120 valence electrons. The highest BCUT2D eigenvalue weighted by atomic mass is 16.5.